The summed E-state index contributed by atoms with van der Waals surface area (Å²) < 4.78 is 6.23. The summed E-state index contributed by atoms with van der Waals surface area (Å²) in [5, 5.41) is 28.7. The molecular formula is C11H14N2O6. The number of H-pyrrole nitrogens is 1. The minimum absolute atomic E-state index is 0.0356. The number of aromatic amines is 1. The molecular weight excluding hydrogens is 256 g/mol. The molecule has 0 unspecified atom stereocenters. The van der Waals surface area contributed by atoms with Crippen LogP contribution in [0.3, 0.4) is 0 Å². The summed E-state index contributed by atoms with van der Waals surface area (Å²) in [5.41, 5.74) is -1.31. The Balaban J connectivity index is 2.40. The Kier molecular flexibility index (Phi) is 3.67. The van der Waals surface area contributed by atoms with Gasteiger partial charge in [0, 0.05) is 12.3 Å². The van der Waals surface area contributed by atoms with E-state index in [1.165, 1.54) is 0 Å². The number of nitrogens with one attached hydrogen (secondary N) is 1. The van der Waals surface area contributed by atoms with E-state index in [-0.39, 0.29) is 5.57 Å². The summed E-state index contributed by atoms with van der Waals surface area (Å²) in [7, 11) is 0. The molecule has 19 heavy (non-hydrogen) atoms. The molecule has 1 saturated heterocycles. The van der Waals surface area contributed by atoms with Gasteiger partial charge in [-0.1, -0.05) is 6.58 Å². The maximum Gasteiger partial charge on any atom is 0.330 e. The lowest BCUT2D eigenvalue weighted by Crippen LogP contribution is -2.50. The van der Waals surface area contributed by atoms with Crippen LogP contribution in [0.25, 0.3) is 0 Å². The zero-order valence-electron chi connectivity index (χ0n) is 9.89. The van der Waals surface area contributed by atoms with Crippen LogP contribution >= 0.6 is 0 Å². The standard InChI is InChI=1S/C11H14N2O6/c1-5-8(16)6(4-14)19-10(9(5)17)13-3-2-7(15)12-11(13)18/h2-3,6,8-10,14,16-17H,1,4H2,(H,12,15,18)/t6-,8+,9-,10-/m1/s1. The molecule has 0 saturated carbocycles. The number of hydrogen-bond donors (Lipinski definition) is 4. The van der Waals surface area contributed by atoms with Gasteiger partial charge in [0.25, 0.3) is 5.56 Å². The maximum atomic E-state index is 11.6. The largest absolute Gasteiger partial charge is 0.394 e. The van der Waals surface area contributed by atoms with Crippen LogP contribution in [0.15, 0.2) is 34.0 Å². The van der Waals surface area contributed by atoms with Crippen LogP contribution in [-0.4, -0.2) is 49.8 Å². The van der Waals surface area contributed by atoms with Gasteiger partial charge in [-0.05, 0) is 5.57 Å². The van der Waals surface area contributed by atoms with Gasteiger partial charge in [0.1, 0.15) is 18.3 Å². The number of aliphatic hydroxyl groups is 3. The smallest absolute Gasteiger partial charge is 0.330 e. The lowest BCUT2D eigenvalue weighted by molar-refractivity contribution is -0.179. The van der Waals surface area contributed by atoms with E-state index < -0.39 is 42.4 Å². The van der Waals surface area contributed by atoms with Crippen LogP contribution in [-0.2, 0) is 4.74 Å². The van der Waals surface area contributed by atoms with Gasteiger partial charge in [-0.25, -0.2) is 4.79 Å². The van der Waals surface area contributed by atoms with E-state index in [9.17, 15) is 19.8 Å². The van der Waals surface area contributed by atoms with Crippen LogP contribution in [0.5, 0.6) is 0 Å². The Morgan fingerprint density at radius 1 is 1.37 bits per heavy atom. The van der Waals surface area contributed by atoms with Crippen LogP contribution in [0, 0.1) is 0 Å². The normalized spacial score (nSPS) is 31.4. The third-order valence-electron chi connectivity index (χ3n) is 3.00. The predicted molar refractivity (Wildman–Crippen MR) is 63.5 cm³/mol. The summed E-state index contributed by atoms with van der Waals surface area (Å²) in [6, 6.07) is 1.10. The fourth-order valence-electron chi connectivity index (χ4n) is 1.91. The Morgan fingerprint density at radius 3 is 2.63 bits per heavy atom. The lowest BCUT2D eigenvalue weighted by Gasteiger charge is -2.38. The molecule has 0 aliphatic carbocycles. The van der Waals surface area contributed by atoms with Crippen molar-refractivity contribution in [3.63, 3.8) is 0 Å². The molecule has 2 rings (SSSR count). The van der Waals surface area contributed by atoms with Crippen molar-refractivity contribution in [3.05, 3.63) is 45.3 Å². The SMILES string of the molecule is C=C1[C@@H](O)[C@H](n2ccc(=O)[nH]c2=O)O[C@H](CO)[C@H]1O. The molecule has 1 aromatic rings. The maximum absolute atomic E-state index is 11.6. The topological polar surface area (TPSA) is 125 Å². The molecule has 0 bridgehead atoms. The highest BCUT2D eigenvalue weighted by molar-refractivity contribution is 5.15. The summed E-state index contributed by atoms with van der Waals surface area (Å²) in [6.45, 7) is 3.02. The molecule has 4 atom stereocenters. The molecule has 4 N–H and O–H groups in total. The molecule has 0 spiro atoms. The molecule has 104 valence electrons. The molecule has 0 amide bonds. The molecule has 2 heterocycles. The molecule has 0 radical (unpaired) electrons. The van der Waals surface area contributed by atoms with E-state index in [1.54, 1.807) is 0 Å². The van der Waals surface area contributed by atoms with Crippen LogP contribution in [0.1, 0.15) is 6.23 Å². The van der Waals surface area contributed by atoms with Crippen LogP contribution in [0.4, 0.5) is 0 Å². The van der Waals surface area contributed by atoms with Gasteiger partial charge in [-0.2, -0.15) is 0 Å². The predicted octanol–water partition coefficient (Wildman–Crippen LogP) is -2.30. The van der Waals surface area contributed by atoms with Crippen molar-refractivity contribution in [1.29, 1.82) is 0 Å². The minimum atomic E-state index is -1.33. The van der Waals surface area contributed by atoms with E-state index in [0.717, 1.165) is 16.8 Å². The van der Waals surface area contributed by atoms with Gasteiger partial charge in [-0.15, -0.1) is 0 Å². The monoisotopic (exact) mass is 270 g/mol. The van der Waals surface area contributed by atoms with Crippen LogP contribution in [0.2, 0.25) is 0 Å². The molecule has 1 aliphatic rings. The van der Waals surface area contributed by atoms with Crippen molar-refractivity contribution in [3.8, 4) is 0 Å². The number of aromatic nitrogens is 2. The first-order chi connectivity index (χ1) is 8.95. The molecule has 0 aromatic carbocycles. The number of rotatable bonds is 2. The second-order valence-electron chi connectivity index (χ2n) is 4.23. The summed E-state index contributed by atoms with van der Waals surface area (Å²) in [6.07, 6.45) is -3.57. The highest BCUT2D eigenvalue weighted by atomic mass is 16.5. The molecule has 1 aromatic heterocycles. The second kappa shape index (κ2) is 5.10. The third kappa shape index (κ3) is 2.38. The average Bonchev–Trinajstić information content (AvgIpc) is 2.38. The fraction of sp³-hybridized carbons (Fsp3) is 0.455. The van der Waals surface area contributed by atoms with Gasteiger partial charge in [0.05, 0.1) is 6.61 Å². The Bertz CT molecular complexity index is 591. The van der Waals surface area contributed by atoms with E-state index in [0.29, 0.717) is 0 Å². The van der Waals surface area contributed by atoms with Crippen molar-refractivity contribution >= 4 is 0 Å². The van der Waals surface area contributed by atoms with Gasteiger partial charge >= 0.3 is 5.69 Å². The number of aliphatic hydroxyl groups excluding tert-OH is 3. The lowest BCUT2D eigenvalue weighted by atomic mass is 9.96. The van der Waals surface area contributed by atoms with Gasteiger partial charge in [0.2, 0.25) is 0 Å². The van der Waals surface area contributed by atoms with Crippen molar-refractivity contribution in [1.82, 2.24) is 9.55 Å². The highest BCUT2D eigenvalue weighted by Crippen LogP contribution is 2.29. The first kappa shape index (κ1) is 13.7. The Labute approximate surface area is 107 Å². The molecule has 8 heteroatoms. The zero-order valence-corrected chi connectivity index (χ0v) is 9.89. The number of hydrogen-bond acceptors (Lipinski definition) is 6. The van der Waals surface area contributed by atoms with Crippen molar-refractivity contribution in [2.75, 3.05) is 6.61 Å². The summed E-state index contributed by atoms with van der Waals surface area (Å²) >= 11 is 0. The number of ether oxygens (including phenoxy) is 1. The Hall–Kier alpha value is -1.74. The summed E-state index contributed by atoms with van der Waals surface area (Å²) in [5.74, 6) is 0. The van der Waals surface area contributed by atoms with E-state index >= 15 is 0 Å². The summed E-state index contributed by atoms with van der Waals surface area (Å²) in [4.78, 5) is 24.6. The van der Waals surface area contributed by atoms with Gasteiger partial charge in [-0.3, -0.25) is 14.3 Å². The molecule has 1 aliphatic heterocycles. The van der Waals surface area contributed by atoms with Crippen molar-refractivity contribution in [2.24, 2.45) is 0 Å². The first-order valence-electron chi connectivity index (χ1n) is 5.58. The van der Waals surface area contributed by atoms with Gasteiger partial charge < -0.3 is 20.1 Å². The average molecular weight is 270 g/mol. The van der Waals surface area contributed by atoms with Crippen molar-refractivity contribution < 1.29 is 20.1 Å². The molecule has 1 fully saturated rings. The van der Waals surface area contributed by atoms with E-state index in [1.807, 2.05) is 4.98 Å². The van der Waals surface area contributed by atoms with Crippen LogP contribution < -0.4 is 11.2 Å². The second-order valence-corrected chi connectivity index (χ2v) is 4.23. The zero-order chi connectivity index (χ0) is 14.2. The highest BCUT2D eigenvalue weighted by Gasteiger charge is 2.40. The van der Waals surface area contributed by atoms with Gasteiger partial charge in [0.15, 0.2) is 6.23 Å². The molecule has 8 nitrogen and oxygen atoms in total. The Morgan fingerprint density at radius 2 is 2.05 bits per heavy atom. The fourth-order valence-corrected chi connectivity index (χ4v) is 1.91. The third-order valence-corrected chi connectivity index (χ3v) is 3.00. The van der Waals surface area contributed by atoms with E-state index in [4.69, 9.17) is 9.84 Å². The van der Waals surface area contributed by atoms with E-state index in [2.05, 4.69) is 6.58 Å². The number of nitrogens with zero attached hydrogens (tertiary/aromatic N) is 1. The van der Waals surface area contributed by atoms with Crippen molar-refractivity contribution in [2.45, 2.75) is 24.5 Å². The first-order valence-corrected chi connectivity index (χ1v) is 5.58. The minimum Gasteiger partial charge on any atom is -0.394 e. The quantitative estimate of drug-likeness (QED) is 0.448.